The van der Waals surface area contributed by atoms with Crippen LogP contribution < -0.4 is 0 Å². The maximum Gasteiger partial charge on any atom is 0.309 e. The van der Waals surface area contributed by atoms with Crippen LogP contribution in [0.1, 0.15) is 33.6 Å². The molecule has 0 aromatic rings. The van der Waals surface area contributed by atoms with Crippen molar-refractivity contribution >= 4 is 5.97 Å². The van der Waals surface area contributed by atoms with E-state index in [4.69, 9.17) is 14.6 Å². The van der Waals surface area contributed by atoms with Gasteiger partial charge in [0.15, 0.2) is 0 Å². The van der Waals surface area contributed by atoms with Crippen molar-refractivity contribution in [1.29, 1.82) is 0 Å². The fourth-order valence-corrected chi connectivity index (χ4v) is 1.60. The molecule has 1 N–H and O–H groups in total. The molecule has 1 aliphatic rings. The van der Waals surface area contributed by atoms with Gasteiger partial charge in [0, 0.05) is 0 Å². The molecule has 1 rings (SSSR count). The van der Waals surface area contributed by atoms with Crippen molar-refractivity contribution in [3.8, 4) is 0 Å². The molecule has 1 heterocycles. The van der Waals surface area contributed by atoms with E-state index in [0.717, 1.165) is 6.42 Å². The summed E-state index contributed by atoms with van der Waals surface area (Å²) in [7, 11) is 0. The first-order chi connectivity index (χ1) is 6.93. The molecule has 15 heavy (non-hydrogen) atoms. The summed E-state index contributed by atoms with van der Waals surface area (Å²) in [6, 6.07) is 0. The van der Waals surface area contributed by atoms with Gasteiger partial charge in [0.2, 0.25) is 0 Å². The molecule has 0 radical (unpaired) electrons. The van der Waals surface area contributed by atoms with Gasteiger partial charge >= 0.3 is 5.97 Å². The molecule has 4 heteroatoms. The Kier molecular flexibility index (Phi) is 4.11. The minimum atomic E-state index is -0.758. The van der Waals surface area contributed by atoms with E-state index in [-0.39, 0.29) is 12.2 Å². The summed E-state index contributed by atoms with van der Waals surface area (Å²) in [5, 5.41) is 8.96. The minimum Gasteiger partial charge on any atom is -0.481 e. The van der Waals surface area contributed by atoms with Gasteiger partial charge in [-0.25, -0.2) is 0 Å². The highest BCUT2D eigenvalue weighted by molar-refractivity contribution is 5.73. The number of rotatable bonds is 4. The third kappa shape index (κ3) is 3.47. The largest absolute Gasteiger partial charge is 0.481 e. The molecule has 0 aromatic carbocycles. The molecule has 88 valence electrons. The molecule has 0 aromatic heterocycles. The number of ether oxygens (including phenoxy) is 2. The molecule has 2 atom stereocenters. The summed E-state index contributed by atoms with van der Waals surface area (Å²) < 4.78 is 11.0. The van der Waals surface area contributed by atoms with E-state index in [2.05, 4.69) is 0 Å². The van der Waals surface area contributed by atoms with Crippen LogP contribution in [0.3, 0.4) is 0 Å². The van der Waals surface area contributed by atoms with Gasteiger partial charge in [-0.1, -0.05) is 0 Å². The van der Waals surface area contributed by atoms with Crippen LogP contribution in [-0.2, 0) is 14.3 Å². The summed E-state index contributed by atoms with van der Waals surface area (Å²) in [4.78, 5) is 10.9. The highest BCUT2D eigenvalue weighted by Crippen LogP contribution is 2.26. The van der Waals surface area contributed by atoms with E-state index in [1.807, 2.05) is 6.92 Å². The van der Waals surface area contributed by atoms with Crippen LogP contribution in [0, 0.1) is 5.41 Å². The van der Waals surface area contributed by atoms with Gasteiger partial charge in [-0.2, -0.15) is 0 Å². The molecule has 1 aliphatic heterocycles. The van der Waals surface area contributed by atoms with Crippen molar-refractivity contribution < 1.29 is 19.4 Å². The average Bonchev–Trinajstić information content (AvgIpc) is 2.16. The lowest BCUT2D eigenvalue weighted by atomic mass is 9.86. The van der Waals surface area contributed by atoms with Crippen LogP contribution in [0.5, 0.6) is 0 Å². The fourth-order valence-electron chi connectivity index (χ4n) is 1.60. The maximum atomic E-state index is 10.9. The maximum absolute atomic E-state index is 10.9. The quantitative estimate of drug-likeness (QED) is 0.776. The normalized spacial score (nSPS) is 27.7. The average molecular weight is 216 g/mol. The zero-order chi connectivity index (χ0) is 11.5. The Morgan fingerprint density at radius 1 is 1.40 bits per heavy atom. The summed E-state index contributed by atoms with van der Waals surface area (Å²) in [5.41, 5.74) is -0.680. The third-order valence-corrected chi connectivity index (χ3v) is 2.95. The van der Waals surface area contributed by atoms with E-state index in [1.165, 1.54) is 0 Å². The second-order valence-electron chi connectivity index (χ2n) is 4.71. The van der Waals surface area contributed by atoms with Gasteiger partial charge in [0.1, 0.15) is 0 Å². The summed E-state index contributed by atoms with van der Waals surface area (Å²) >= 11 is 0. The van der Waals surface area contributed by atoms with Crippen LogP contribution in [0.15, 0.2) is 0 Å². The lowest BCUT2D eigenvalue weighted by molar-refractivity contribution is -0.151. The van der Waals surface area contributed by atoms with Gasteiger partial charge in [-0.15, -0.1) is 0 Å². The zero-order valence-electron chi connectivity index (χ0n) is 9.66. The molecule has 0 saturated carbocycles. The minimum absolute atomic E-state index is 0.0392. The first-order valence-corrected chi connectivity index (χ1v) is 5.40. The van der Waals surface area contributed by atoms with E-state index < -0.39 is 11.4 Å². The lowest BCUT2D eigenvalue weighted by Crippen LogP contribution is -2.37. The number of carboxylic acid groups (broad SMARTS) is 1. The van der Waals surface area contributed by atoms with Crippen molar-refractivity contribution in [2.75, 3.05) is 13.2 Å². The summed E-state index contributed by atoms with van der Waals surface area (Å²) in [6.07, 6.45) is 1.46. The Bertz CT molecular complexity index is 225. The van der Waals surface area contributed by atoms with Crippen LogP contribution in [0.2, 0.25) is 0 Å². The molecular weight excluding hydrogens is 196 g/mol. The second-order valence-corrected chi connectivity index (χ2v) is 4.71. The monoisotopic (exact) mass is 216 g/mol. The predicted molar refractivity (Wildman–Crippen MR) is 55.8 cm³/mol. The second kappa shape index (κ2) is 4.94. The lowest BCUT2D eigenvalue weighted by Gasteiger charge is -2.31. The fraction of sp³-hybridized carbons (Fsp3) is 0.909. The Hall–Kier alpha value is -0.610. The van der Waals surface area contributed by atoms with Gasteiger partial charge in [0.05, 0.1) is 30.8 Å². The van der Waals surface area contributed by atoms with Crippen LogP contribution in [0.25, 0.3) is 0 Å². The van der Waals surface area contributed by atoms with E-state index >= 15 is 0 Å². The molecule has 0 spiro atoms. The number of carboxylic acids is 1. The topological polar surface area (TPSA) is 55.8 Å². The van der Waals surface area contributed by atoms with Gasteiger partial charge in [-0.3, -0.25) is 4.79 Å². The van der Waals surface area contributed by atoms with Crippen LogP contribution >= 0.6 is 0 Å². The molecule has 2 unspecified atom stereocenters. The van der Waals surface area contributed by atoms with Crippen molar-refractivity contribution in [3.63, 3.8) is 0 Å². The van der Waals surface area contributed by atoms with Gasteiger partial charge in [0.25, 0.3) is 0 Å². The zero-order valence-corrected chi connectivity index (χ0v) is 9.66. The molecule has 4 nitrogen and oxygen atoms in total. The Morgan fingerprint density at radius 3 is 2.53 bits per heavy atom. The van der Waals surface area contributed by atoms with Crippen LogP contribution in [-0.4, -0.2) is 36.5 Å². The third-order valence-electron chi connectivity index (χ3n) is 2.95. The van der Waals surface area contributed by atoms with E-state index in [1.54, 1.807) is 13.8 Å². The Morgan fingerprint density at radius 2 is 2.00 bits per heavy atom. The smallest absolute Gasteiger partial charge is 0.309 e. The first-order valence-electron chi connectivity index (χ1n) is 5.40. The summed E-state index contributed by atoms with van der Waals surface area (Å²) in [5.74, 6) is -0.758. The van der Waals surface area contributed by atoms with E-state index in [0.29, 0.717) is 19.6 Å². The standard InChI is InChI=1S/C11H20O4/c1-8-9(15-7-6-14-8)4-5-11(2,3)10(12)13/h8-9H,4-7H2,1-3H3,(H,12,13). The van der Waals surface area contributed by atoms with Crippen molar-refractivity contribution in [2.45, 2.75) is 45.8 Å². The predicted octanol–water partition coefficient (Wildman–Crippen LogP) is 1.68. The summed E-state index contributed by atoms with van der Waals surface area (Å²) in [6.45, 7) is 6.70. The number of carbonyl (C=O) groups is 1. The highest BCUT2D eigenvalue weighted by atomic mass is 16.6. The molecule has 1 saturated heterocycles. The SMILES string of the molecule is CC1OCCOC1CCC(C)(C)C(=O)O. The molecular formula is C11H20O4. The van der Waals surface area contributed by atoms with Crippen LogP contribution in [0.4, 0.5) is 0 Å². The van der Waals surface area contributed by atoms with Gasteiger partial charge < -0.3 is 14.6 Å². The Labute approximate surface area is 90.6 Å². The van der Waals surface area contributed by atoms with E-state index in [9.17, 15) is 4.79 Å². The molecule has 0 bridgehead atoms. The molecule has 0 aliphatic carbocycles. The molecule has 1 fully saturated rings. The van der Waals surface area contributed by atoms with Crippen molar-refractivity contribution in [2.24, 2.45) is 5.41 Å². The molecule has 0 amide bonds. The first kappa shape index (κ1) is 12.5. The van der Waals surface area contributed by atoms with Crippen molar-refractivity contribution in [3.05, 3.63) is 0 Å². The number of hydrogen-bond acceptors (Lipinski definition) is 3. The number of hydrogen-bond donors (Lipinski definition) is 1. The number of aliphatic carboxylic acids is 1. The van der Waals surface area contributed by atoms with Crippen molar-refractivity contribution in [1.82, 2.24) is 0 Å². The van der Waals surface area contributed by atoms with Gasteiger partial charge in [-0.05, 0) is 33.6 Å². The Balaban J connectivity index is 2.38. The highest BCUT2D eigenvalue weighted by Gasteiger charge is 2.30.